The third kappa shape index (κ3) is 5.94. The highest BCUT2D eigenvalue weighted by Crippen LogP contribution is 2.33. The number of nitrogens with one attached hydrogen (secondary N) is 3. The van der Waals surface area contributed by atoms with Crippen LogP contribution in [0.3, 0.4) is 0 Å². The number of H-pyrrole nitrogens is 1. The zero-order valence-corrected chi connectivity index (χ0v) is 18.0. The lowest BCUT2D eigenvalue weighted by Crippen LogP contribution is -2.33. The third-order valence-corrected chi connectivity index (χ3v) is 6.53. The number of halogens is 1. The smallest absolute Gasteiger partial charge is 0.259 e. The summed E-state index contributed by atoms with van der Waals surface area (Å²) in [7, 11) is 0. The molecule has 2 aromatic heterocycles. The van der Waals surface area contributed by atoms with Gasteiger partial charge in [0.15, 0.2) is 0 Å². The van der Waals surface area contributed by atoms with Gasteiger partial charge in [0.2, 0.25) is 5.91 Å². The molecule has 1 aliphatic carbocycles. The van der Waals surface area contributed by atoms with E-state index in [4.69, 9.17) is 0 Å². The molecule has 0 aliphatic heterocycles. The van der Waals surface area contributed by atoms with Gasteiger partial charge in [0.1, 0.15) is 10.7 Å². The number of carbonyl (C=O) groups is 1. The van der Waals surface area contributed by atoms with Crippen LogP contribution >= 0.6 is 35.5 Å². The molecule has 0 spiro atoms. The largest absolute Gasteiger partial charge is 0.354 e. The number of carbonyl (C=O) groups excluding carboxylic acids is 1. The Morgan fingerprint density at radius 3 is 2.89 bits per heavy atom. The quantitative estimate of drug-likeness (QED) is 0.532. The van der Waals surface area contributed by atoms with E-state index in [9.17, 15) is 9.59 Å². The van der Waals surface area contributed by atoms with Crippen molar-refractivity contribution in [2.45, 2.75) is 44.8 Å². The summed E-state index contributed by atoms with van der Waals surface area (Å²) in [6, 6.07) is 0. The van der Waals surface area contributed by atoms with E-state index in [2.05, 4.69) is 27.5 Å². The summed E-state index contributed by atoms with van der Waals surface area (Å²) in [4.78, 5) is 34.0. The van der Waals surface area contributed by atoms with E-state index in [1.54, 1.807) is 11.3 Å². The number of aromatic nitrogens is 2. The maximum absolute atomic E-state index is 12.5. The van der Waals surface area contributed by atoms with Gasteiger partial charge in [-0.05, 0) is 44.2 Å². The first-order valence-electron chi connectivity index (χ1n) is 9.27. The van der Waals surface area contributed by atoms with Gasteiger partial charge in [0.25, 0.3) is 5.56 Å². The Hall–Kier alpha value is -1.09. The normalized spacial score (nSPS) is 13.2. The Morgan fingerprint density at radius 1 is 1.26 bits per heavy atom. The summed E-state index contributed by atoms with van der Waals surface area (Å²) < 4.78 is 0. The van der Waals surface area contributed by atoms with E-state index in [1.165, 1.54) is 28.6 Å². The number of nitrogens with zero attached hydrogens (tertiary/aromatic N) is 1. The molecule has 0 atom stereocenters. The lowest BCUT2D eigenvalue weighted by molar-refractivity contribution is -0.118. The lowest BCUT2D eigenvalue weighted by atomic mass is 9.97. The Labute approximate surface area is 173 Å². The van der Waals surface area contributed by atoms with Gasteiger partial charge >= 0.3 is 0 Å². The summed E-state index contributed by atoms with van der Waals surface area (Å²) in [6.07, 6.45) is 5.49. The van der Waals surface area contributed by atoms with Crippen LogP contribution in [0, 0.1) is 0 Å². The van der Waals surface area contributed by atoms with E-state index in [0.29, 0.717) is 23.9 Å². The van der Waals surface area contributed by atoms with Gasteiger partial charge in [-0.1, -0.05) is 6.92 Å². The minimum absolute atomic E-state index is 0. The number of fused-ring (bicyclic) bond motifs is 3. The second-order valence-corrected chi connectivity index (χ2v) is 8.57. The van der Waals surface area contributed by atoms with Crippen molar-refractivity contribution in [2.75, 3.05) is 25.4 Å². The molecule has 0 fully saturated rings. The first-order chi connectivity index (χ1) is 12.7. The molecule has 2 aromatic rings. The monoisotopic (exact) mass is 430 g/mol. The van der Waals surface area contributed by atoms with Gasteiger partial charge in [0, 0.05) is 18.0 Å². The number of thioether (sulfide) groups is 1. The molecule has 0 saturated heterocycles. The molecule has 9 heteroatoms. The fourth-order valence-corrected chi connectivity index (χ4v) is 5.16. The van der Waals surface area contributed by atoms with Crippen molar-refractivity contribution in [1.29, 1.82) is 0 Å². The van der Waals surface area contributed by atoms with E-state index in [0.717, 1.165) is 49.0 Å². The highest BCUT2D eigenvalue weighted by atomic mass is 35.5. The van der Waals surface area contributed by atoms with Gasteiger partial charge in [-0.25, -0.2) is 4.98 Å². The summed E-state index contributed by atoms with van der Waals surface area (Å²) in [5.74, 6) is 1.58. The van der Waals surface area contributed by atoms with Crippen LogP contribution in [0.5, 0.6) is 0 Å². The van der Waals surface area contributed by atoms with Crippen molar-refractivity contribution < 1.29 is 4.79 Å². The molecular formula is C18H27ClN4O2S2. The molecule has 6 nitrogen and oxygen atoms in total. The van der Waals surface area contributed by atoms with Crippen molar-refractivity contribution in [2.24, 2.45) is 0 Å². The predicted octanol–water partition coefficient (Wildman–Crippen LogP) is 2.63. The number of aryl methyl sites for hydroxylation is 2. The molecule has 0 radical (unpaired) electrons. The summed E-state index contributed by atoms with van der Waals surface area (Å²) in [6.45, 7) is 4.52. The maximum Gasteiger partial charge on any atom is 0.259 e. The third-order valence-electron chi connectivity index (χ3n) is 4.40. The molecule has 1 amide bonds. The molecule has 0 saturated carbocycles. The second-order valence-electron chi connectivity index (χ2n) is 6.50. The van der Waals surface area contributed by atoms with Gasteiger partial charge in [-0.15, -0.1) is 35.5 Å². The Kier molecular flexibility index (Phi) is 9.08. The van der Waals surface area contributed by atoms with E-state index in [1.807, 2.05) is 0 Å². The lowest BCUT2D eigenvalue weighted by Gasteiger charge is -2.09. The molecule has 1 aliphatic rings. The molecular weight excluding hydrogens is 404 g/mol. The average Bonchev–Trinajstić information content (AvgIpc) is 3.00. The minimum Gasteiger partial charge on any atom is -0.354 e. The molecule has 0 bridgehead atoms. The van der Waals surface area contributed by atoms with Gasteiger partial charge in [-0.3, -0.25) is 9.59 Å². The van der Waals surface area contributed by atoms with Gasteiger partial charge < -0.3 is 15.6 Å². The van der Waals surface area contributed by atoms with Crippen LogP contribution in [0.25, 0.3) is 10.2 Å². The van der Waals surface area contributed by atoms with Gasteiger partial charge in [0.05, 0.1) is 16.9 Å². The summed E-state index contributed by atoms with van der Waals surface area (Å²) in [5, 5.41) is 6.92. The Balaban J connectivity index is 0.00000261. The highest BCUT2D eigenvalue weighted by molar-refractivity contribution is 7.99. The fraction of sp³-hybridized carbons (Fsp3) is 0.611. The van der Waals surface area contributed by atoms with Crippen LogP contribution in [-0.4, -0.2) is 41.3 Å². The molecule has 3 N–H and O–H groups in total. The van der Waals surface area contributed by atoms with Crippen LogP contribution in [-0.2, 0) is 23.4 Å². The van der Waals surface area contributed by atoms with Crippen molar-refractivity contribution >= 4 is 51.6 Å². The number of hydrogen-bond donors (Lipinski definition) is 3. The van der Waals surface area contributed by atoms with Crippen molar-refractivity contribution in [3.8, 4) is 0 Å². The molecule has 2 heterocycles. The number of amides is 1. The second kappa shape index (κ2) is 11.0. The standard InChI is InChI=1S/C18H26N4O2S2.ClH/c1-2-7-19-8-9-20-15(23)11-25-10-14-21-17(24)16-12-5-3-4-6-13(12)26-18(16)22-14;/h19H,2-11H2,1H3,(H,20,23)(H,21,22,24);1H. The van der Waals surface area contributed by atoms with Gasteiger partial charge in [-0.2, -0.15) is 0 Å². The van der Waals surface area contributed by atoms with E-state index >= 15 is 0 Å². The van der Waals surface area contributed by atoms with Crippen molar-refractivity contribution in [3.05, 3.63) is 26.6 Å². The zero-order chi connectivity index (χ0) is 18.4. The number of aromatic amines is 1. The first-order valence-corrected chi connectivity index (χ1v) is 11.2. The van der Waals surface area contributed by atoms with E-state index in [-0.39, 0.29) is 23.9 Å². The predicted molar refractivity (Wildman–Crippen MR) is 116 cm³/mol. The molecule has 150 valence electrons. The van der Waals surface area contributed by atoms with Crippen molar-refractivity contribution in [1.82, 2.24) is 20.6 Å². The molecule has 0 unspecified atom stereocenters. The number of rotatable bonds is 9. The van der Waals surface area contributed by atoms with Crippen LogP contribution in [0.2, 0.25) is 0 Å². The summed E-state index contributed by atoms with van der Waals surface area (Å²) >= 11 is 3.13. The first kappa shape index (κ1) is 22.2. The SMILES string of the molecule is CCCNCCNC(=O)CSCc1nc2sc3c(c2c(=O)[nH]1)CCCC3.Cl. The number of thiophene rings is 1. The molecule has 3 rings (SSSR count). The highest BCUT2D eigenvalue weighted by Gasteiger charge is 2.19. The van der Waals surface area contributed by atoms with E-state index < -0.39 is 0 Å². The Morgan fingerprint density at radius 2 is 2.07 bits per heavy atom. The average molecular weight is 431 g/mol. The molecule has 27 heavy (non-hydrogen) atoms. The van der Waals surface area contributed by atoms with Crippen molar-refractivity contribution in [3.63, 3.8) is 0 Å². The Bertz CT molecular complexity index is 822. The number of hydrogen-bond acceptors (Lipinski definition) is 6. The topological polar surface area (TPSA) is 86.9 Å². The summed E-state index contributed by atoms with van der Waals surface area (Å²) in [5.41, 5.74) is 1.18. The van der Waals surface area contributed by atoms with Crippen LogP contribution in [0.15, 0.2) is 4.79 Å². The minimum atomic E-state index is -0.0311. The van der Waals surface area contributed by atoms with Crippen LogP contribution in [0.4, 0.5) is 0 Å². The fourth-order valence-electron chi connectivity index (χ4n) is 3.16. The molecule has 0 aromatic carbocycles. The van der Waals surface area contributed by atoms with Crippen LogP contribution in [0.1, 0.15) is 42.5 Å². The van der Waals surface area contributed by atoms with Crippen LogP contribution < -0.4 is 16.2 Å². The zero-order valence-electron chi connectivity index (χ0n) is 15.6. The maximum atomic E-state index is 12.5.